The molecule has 172 valence electrons. The largest absolute Gasteiger partial charge is 0.465 e. The molecular weight excluding hydrogens is 416 g/mol. The van der Waals surface area contributed by atoms with Crippen LogP contribution in [0, 0.1) is 11.3 Å². The van der Waals surface area contributed by atoms with Crippen molar-refractivity contribution in [3.05, 3.63) is 81.9 Å². The molecule has 3 rings (SSSR count). The number of benzene rings is 2. The Bertz CT molecular complexity index is 1010. The number of allylic oxidation sites excluding steroid dienone is 2. The summed E-state index contributed by atoms with van der Waals surface area (Å²) in [4.78, 5) is 36.7. The fourth-order valence-corrected chi connectivity index (χ4v) is 3.92. The summed E-state index contributed by atoms with van der Waals surface area (Å²) in [5.74, 6) is -0.445. The molecule has 1 unspecified atom stereocenters. The second kappa shape index (κ2) is 9.99. The molecule has 0 heterocycles. The van der Waals surface area contributed by atoms with Crippen molar-refractivity contribution in [3.63, 3.8) is 0 Å². The lowest BCUT2D eigenvalue weighted by Gasteiger charge is -2.35. The molecule has 0 radical (unpaired) electrons. The number of Topliss-reactive ketones (excluding diaryl/α,β-unsaturated/α-hetero) is 1. The molecule has 0 amide bonds. The molecule has 1 aliphatic carbocycles. The van der Waals surface area contributed by atoms with Crippen LogP contribution in [0.25, 0.3) is 12.2 Å². The molecule has 0 aliphatic heterocycles. The molecular formula is C28H30O5. The van der Waals surface area contributed by atoms with Crippen LogP contribution in [0.3, 0.4) is 0 Å². The SMILES string of the molecule is COC(=O)c1ccc(/C=C2/CC(C(C)(C)C)C/C(=C\c3ccc(C(=O)OC)cc3)C2=O)cc1. The van der Waals surface area contributed by atoms with Crippen molar-refractivity contribution >= 4 is 29.9 Å². The Labute approximate surface area is 195 Å². The van der Waals surface area contributed by atoms with Gasteiger partial charge in [0.25, 0.3) is 0 Å². The first-order valence-electron chi connectivity index (χ1n) is 10.9. The van der Waals surface area contributed by atoms with Gasteiger partial charge in [0.05, 0.1) is 25.3 Å². The van der Waals surface area contributed by atoms with E-state index in [1.807, 2.05) is 36.4 Å². The highest BCUT2D eigenvalue weighted by Crippen LogP contribution is 2.42. The number of ether oxygens (including phenoxy) is 2. The molecule has 0 saturated heterocycles. The fourth-order valence-electron chi connectivity index (χ4n) is 3.92. The number of esters is 2. The fraction of sp³-hybridized carbons (Fsp3) is 0.321. The van der Waals surface area contributed by atoms with Gasteiger partial charge in [-0.2, -0.15) is 0 Å². The minimum Gasteiger partial charge on any atom is -0.465 e. The molecule has 2 aromatic rings. The van der Waals surface area contributed by atoms with Crippen molar-refractivity contribution in [1.82, 2.24) is 0 Å². The first-order chi connectivity index (χ1) is 15.6. The van der Waals surface area contributed by atoms with Crippen LogP contribution in [0.2, 0.25) is 0 Å². The van der Waals surface area contributed by atoms with E-state index in [2.05, 4.69) is 20.8 Å². The first kappa shape index (κ1) is 24.2. The Hall–Kier alpha value is -3.47. The van der Waals surface area contributed by atoms with E-state index in [0.29, 0.717) is 29.9 Å². The van der Waals surface area contributed by atoms with Gasteiger partial charge in [-0.25, -0.2) is 9.59 Å². The maximum Gasteiger partial charge on any atom is 0.337 e. The molecule has 1 aliphatic rings. The van der Waals surface area contributed by atoms with Crippen molar-refractivity contribution in [1.29, 1.82) is 0 Å². The molecule has 1 saturated carbocycles. The Balaban J connectivity index is 1.94. The summed E-state index contributed by atoms with van der Waals surface area (Å²) in [7, 11) is 2.70. The lowest BCUT2D eigenvalue weighted by Crippen LogP contribution is -2.29. The van der Waals surface area contributed by atoms with Gasteiger partial charge >= 0.3 is 11.9 Å². The minimum atomic E-state index is -0.390. The number of ketones is 1. The highest BCUT2D eigenvalue weighted by molar-refractivity contribution is 6.14. The van der Waals surface area contributed by atoms with E-state index in [-0.39, 0.29) is 23.1 Å². The number of hydrogen-bond donors (Lipinski definition) is 0. The van der Waals surface area contributed by atoms with Crippen LogP contribution >= 0.6 is 0 Å². The highest BCUT2D eigenvalue weighted by atomic mass is 16.5. The Kier molecular flexibility index (Phi) is 7.32. The van der Waals surface area contributed by atoms with Crippen LogP contribution in [0.1, 0.15) is 65.5 Å². The smallest absolute Gasteiger partial charge is 0.337 e. The minimum absolute atomic E-state index is 0.0301. The summed E-state index contributed by atoms with van der Waals surface area (Å²) in [5.41, 5.74) is 4.21. The standard InChI is InChI=1S/C28H30O5/c1-28(2,3)24-16-22(14-18-6-10-20(11-7-18)26(30)32-4)25(29)23(17-24)15-19-8-12-21(13-9-19)27(31)33-5/h6-15,24H,16-17H2,1-5H3/b22-14-,23-15+. The van der Waals surface area contributed by atoms with Crippen LogP contribution in [0.15, 0.2) is 59.7 Å². The third-order valence-electron chi connectivity index (χ3n) is 6.09. The zero-order valence-corrected chi connectivity index (χ0v) is 19.8. The number of methoxy groups -OCH3 is 2. The third-order valence-corrected chi connectivity index (χ3v) is 6.09. The maximum atomic E-state index is 13.4. The van der Waals surface area contributed by atoms with E-state index in [1.165, 1.54) is 14.2 Å². The van der Waals surface area contributed by atoms with Gasteiger partial charge in [0.2, 0.25) is 0 Å². The quantitative estimate of drug-likeness (QED) is 0.442. The second-order valence-corrected chi connectivity index (χ2v) is 9.37. The zero-order valence-electron chi connectivity index (χ0n) is 19.8. The number of carbonyl (C=O) groups is 3. The summed E-state index contributed by atoms with van der Waals surface area (Å²) in [6.07, 6.45) is 5.21. The van der Waals surface area contributed by atoms with Crippen LogP contribution in [-0.4, -0.2) is 31.9 Å². The summed E-state index contributed by atoms with van der Waals surface area (Å²) >= 11 is 0. The molecule has 1 fully saturated rings. The molecule has 0 aromatic heterocycles. The summed E-state index contributed by atoms with van der Waals surface area (Å²) < 4.78 is 9.50. The highest BCUT2D eigenvalue weighted by Gasteiger charge is 2.34. The van der Waals surface area contributed by atoms with Crippen LogP contribution < -0.4 is 0 Å². The monoisotopic (exact) mass is 446 g/mol. The maximum absolute atomic E-state index is 13.4. The van der Waals surface area contributed by atoms with Crippen LogP contribution in [-0.2, 0) is 14.3 Å². The third kappa shape index (κ3) is 5.86. The molecule has 2 aromatic carbocycles. The van der Waals surface area contributed by atoms with Crippen molar-refractivity contribution < 1.29 is 23.9 Å². The molecule has 0 bridgehead atoms. The van der Waals surface area contributed by atoms with E-state index in [0.717, 1.165) is 22.3 Å². The molecule has 0 spiro atoms. The van der Waals surface area contributed by atoms with E-state index >= 15 is 0 Å². The van der Waals surface area contributed by atoms with Gasteiger partial charge in [0, 0.05) is 11.1 Å². The Morgan fingerprint density at radius 3 is 1.42 bits per heavy atom. The van der Waals surface area contributed by atoms with Crippen molar-refractivity contribution in [3.8, 4) is 0 Å². The Morgan fingerprint density at radius 2 is 1.12 bits per heavy atom. The first-order valence-corrected chi connectivity index (χ1v) is 10.9. The second-order valence-electron chi connectivity index (χ2n) is 9.37. The molecule has 5 heteroatoms. The molecule has 1 atom stereocenters. The number of carbonyl (C=O) groups excluding carboxylic acids is 3. The number of hydrogen-bond acceptors (Lipinski definition) is 5. The van der Waals surface area contributed by atoms with Gasteiger partial charge in [-0.3, -0.25) is 4.79 Å². The van der Waals surface area contributed by atoms with Crippen molar-refractivity contribution in [2.45, 2.75) is 33.6 Å². The zero-order chi connectivity index (χ0) is 24.2. The van der Waals surface area contributed by atoms with E-state index in [9.17, 15) is 14.4 Å². The van der Waals surface area contributed by atoms with Gasteiger partial charge in [-0.15, -0.1) is 0 Å². The van der Waals surface area contributed by atoms with Gasteiger partial charge in [-0.05, 0) is 71.7 Å². The normalized spacial score (nSPS) is 18.9. The van der Waals surface area contributed by atoms with Crippen LogP contribution in [0.4, 0.5) is 0 Å². The van der Waals surface area contributed by atoms with Crippen molar-refractivity contribution in [2.75, 3.05) is 14.2 Å². The van der Waals surface area contributed by atoms with Gasteiger partial charge < -0.3 is 9.47 Å². The van der Waals surface area contributed by atoms with Gasteiger partial charge in [0.1, 0.15) is 0 Å². The van der Waals surface area contributed by atoms with Crippen LogP contribution in [0.5, 0.6) is 0 Å². The Morgan fingerprint density at radius 1 is 0.758 bits per heavy atom. The predicted octanol–water partition coefficient (Wildman–Crippen LogP) is 5.75. The molecule has 0 N–H and O–H groups in total. The topological polar surface area (TPSA) is 69.7 Å². The summed E-state index contributed by atoms with van der Waals surface area (Å²) in [6.45, 7) is 6.58. The average molecular weight is 447 g/mol. The number of rotatable bonds is 4. The average Bonchev–Trinajstić information content (AvgIpc) is 2.80. The summed E-state index contributed by atoms with van der Waals surface area (Å²) in [5, 5.41) is 0. The summed E-state index contributed by atoms with van der Waals surface area (Å²) in [6, 6.07) is 14.1. The molecule has 33 heavy (non-hydrogen) atoms. The lowest BCUT2D eigenvalue weighted by molar-refractivity contribution is -0.113. The van der Waals surface area contributed by atoms with E-state index in [4.69, 9.17) is 9.47 Å². The van der Waals surface area contributed by atoms with Gasteiger partial charge in [0.15, 0.2) is 5.78 Å². The van der Waals surface area contributed by atoms with Crippen molar-refractivity contribution in [2.24, 2.45) is 11.3 Å². The van der Waals surface area contributed by atoms with E-state index < -0.39 is 0 Å². The molecule has 5 nitrogen and oxygen atoms in total. The van der Waals surface area contributed by atoms with E-state index in [1.54, 1.807) is 24.3 Å². The predicted molar refractivity (Wildman–Crippen MR) is 129 cm³/mol. The lowest BCUT2D eigenvalue weighted by atomic mass is 9.68. The van der Waals surface area contributed by atoms with Gasteiger partial charge in [-0.1, -0.05) is 45.0 Å².